The van der Waals surface area contributed by atoms with Crippen LogP contribution < -0.4 is 10.6 Å². The highest BCUT2D eigenvalue weighted by molar-refractivity contribution is 5.81. The van der Waals surface area contributed by atoms with E-state index in [1.54, 1.807) is 12.1 Å². The Morgan fingerprint density at radius 3 is 2.32 bits per heavy atom. The fourth-order valence-corrected chi connectivity index (χ4v) is 1.80. The lowest BCUT2D eigenvalue weighted by Gasteiger charge is -2.19. The Kier molecular flexibility index (Phi) is 6.36. The highest BCUT2D eigenvalue weighted by Crippen LogP contribution is 2.09. The number of carbonyl (C=O) groups excluding carboxylic acids is 1. The first-order valence-corrected chi connectivity index (χ1v) is 6.88. The van der Waals surface area contributed by atoms with Crippen LogP contribution in [0.5, 0.6) is 5.75 Å². The molecule has 0 bridgehead atoms. The summed E-state index contributed by atoms with van der Waals surface area (Å²) in [6, 6.07) is 7.00. The number of hydrogen-bond acceptors (Lipinski definition) is 3. The molecule has 0 fully saturated rings. The van der Waals surface area contributed by atoms with Gasteiger partial charge in [-0.25, -0.2) is 0 Å². The van der Waals surface area contributed by atoms with Gasteiger partial charge in [0.05, 0.1) is 6.04 Å². The monoisotopic (exact) mass is 264 g/mol. The molecule has 3 N–H and O–H groups in total. The van der Waals surface area contributed by atoms with Crippen molar-refractivity contribution in [2.24, 2.45) is 0 Å². The van der Waals surface area contributed by atoms with Gasteiger partial charge in [-0.05, 0) is 37.5 Å². The zero-order chi connectivity index (χ0) is 14.3. The van der Waals surface area contributed by atoms with Crippen LogP contribution in [0, 0.1) is 0 Å². The summed E-state index contributed by atoms with van der Waals surface area (Å²) in [5.74, 6) is 0.288. The Balaban J connectivity index is 2.39. The van der Waals surface area contributed by atoms with Crippen LogP contribution in [0.1, 0.15) is 39.2 Å². The Morgan fingerprint density at radius 2 is 1.79 bits per heavy atom. The molecule has 0 heterocycles. The third-order valence-electron chi connectivity index (χ3n) is 3.27. The van der Waals surface area contributed by atoms with Gasteiger partial charge in [-0.3, -0.25) is 4.79 Å². The Bertz CT molecular complexity index is 386. The van der Waals surface area contributed by atoms with E-state index in [-0.39, 0.29) is 23.7 Å². The highest BCUT2D eigenvalue weighted by Gasteiger charge is 2.14. The molecule has 1 aromatic carbocycles. The predicted octanol–water partition coefficient (Wildman–Crippen LogP) is 2.18. The molecule has 1 aromatic rings. The number of phenolic OH excluding ortho intramolecular Hbond substituents is 1. The van der Waals surface area contributed by atoms with E-state index in [4.69, 9.17) is 0 Å². The first kappa shape index (κ1) is 15.5. The molecule has 1 amide bonds. The highest BCUT2D eigenvalue weighted by atomic mass is 16.3. The minimum atomic E-state index is -0.227. The van der Waals surface area contributed by atoms with Crippen molar-refractivity contribution in [1.82, 2.24) is 10.6 Å². The van der Waals surface area contributed by atoms with Gasteiger partial charge in [-0.1, -0.05) is 26.0 Å². The molecule has 1 atom stereocenters. The molecule has 0 spiro atoms. The Morgan fingerprint density at radius 1 is 1.21 bits per heavy atom. The SMILES string of the molecule is CCC(CC)NC(=O)C(C)NCc1ccc(O)cc1. The van der Waals surface area contributed by atoms with Gasteiger partial charge in [0.1, 0.15) is 5.75 Å². The summed E-state index contributed by atoms with van der Waals surface area (Å²) in [6.07, 6.45) is 1.90. The molecule has 0 saturated heterocycles. The van der Waals surface area contributed by atoms with E-state index < -0.39 is 0 Å². The van der Waals surface area contributed by atoms with Gasteiger partial charge in [-0.2, -0.15) is 0 Å². The van der Waals surface area contributed by atoms with Crippen molar-refractivity contribution < 1.29 is 9.90 Å². The largest absolute Gasteiger partial charge is 0.508 e. The van der Waals surface area contributed by atoms with Crippen molar-refractivity contribution in [2.45, 2.75) is 52.2 Å². The van der Waals surface area contributed by atoms with Crippen LogP contribution in [0.3, 0.4) is 0 Å². The van der Waals surface area contributed by atoms with Gasteiger partial charge in [0.2, 0.25) is 5.91 Å². The lowest BCUT2D eigenvalue weighted by Crippen LogP contribution is -2.45. The number of carbonyl (C=O) groups is 1. The molecule has 0 radical (unpaired) electrons. The standard InChI is InChI=1S/C15H24N2O2/c1-4-13(5-2)17-15(19)11(3)16-10-12-6-8-14(18)9-7-12/h6-9,11,13,16,18H,4-5,10H2,1-3H3,(H,17,19). The summed E-state index contributed by atoms with van der Waals surface area (Å²) in [6.45, 7) is 6.61. The molecule has 19 heavy (non-hydrogen) atoms. The zero-order valence-corrected chi connectivity index (χ0v) is 11.9. The average molecular weight is 264 g/mol. The van der Waals surface area contributed by atoms with Crippen molar-refractivity contribution in [3.8, 4) is 5.75 Å². The Hall–Kier alpha value is -1.55. The number of phenols is 1. The second kappa shape index (κ2) is 7.79. The van der Waals surface area contributed by atoms with Crippen LogP contribution in [0.2, 0.25) is 0 Å². The third kappa shape index (κ3) is 5.30. The summed E-state index contributed by atoms with van der Waals surface area (Å²) in [7, 11) is 0. The topological polar surface area (TPSA) is 61.4 Å². The lowest BCUT2D eigenvalue weighted by molar-refractivity contribution is -0.123. The summed E-state index contributed by atoms with van der Waals surface area (Å²) in [5, 5.41) is 15.4. The van der Waals surface area contributed by atoms with Crippen LogP contribution in [-0.2, 0) is 11.3 Å². The number of aromatic hydroxyl groups is 1. The second-order valence-corrected chi connectivity index (χ2v) is 4.79. The molecule has 4 nitrogen and oxygen atoms in total. The lowest BCUT2D eigenvalue weighted by atomic mass is 10.1. The number of benzene rings is 1. The van der Waals surface area contributed by atoms with E-state index in [1.807, 2.05) is 19.1 Å². The number of rotatable bonds is 7. The maximum Gasteiger partial charge on any atom is 0.237 e. The first-order valence-electron chi connectivity index (χ1n) is 6.88. The average Bonchev–Trinajstić information content (AvgIpc) is 2.43. The van der Waals surface area contributed by atoms with Crippen molar-refractivity contribution in [2.75, 3.05) is 0 Å². The van der Waals surface area contributed by atoms with Crippen LogP contribution >= 0.6 is 0 Å². The second-order valence-electron chi connectivity index (χ2n) is 4.79. The maximum absolute atomic E-state index is 11.9. The molecular formula is C15H24N2O2. The first-order chi connectivity index (χ1) is 9.06. The molecule has 0 aliphatic rings. The fourth-order valence-electron chi connectivity index (χ4n) is 1.80. The van der Waals surface area contributed by atoms with Crippen LogP contribution in [0.4, 0.5) is 0 Å². The number of nitrogens with one attached hydrogen (secondary N) is 2. The number of amides is 1. The van der Waals surface area contributed by atoms with Crippen molar-refractivity contribution in [1.29, 1.82) is 0 Å². The summed E-state index contributed by atoms with van der Waals surface area (Å²) in [4.78, 5) is 11.9. The molecule has 1 unspecified atom stereocenters. The molecule has 0 aromatic heterocycles. The smallest absolute Gasteiger partial charge is 0.237 e. The third-order valence-corrected chi connectivity index (χ3v) is 3.27. The molecule has 0 aliphatic heterocycles. The van der Waals surface area contributed by atoms with E-state index in [0.717, 1.165) is 18.4 Å². The van der Waals surface area contributed by atoms with E-state index in [9.17, 15) is 9.90 Å². The molecule has 1 rings (SSSR count). The molecule has 4 heteroatoms. The van der Waals surface area contributed by atoms with Crippen LogP contribution in [-0.4, -0.2) is 23.1 Å². The summed E-state index contributed by atoms with van der Waals surface area (Å²) < 4.78 is 0. The van der Waals surface area contributed by atoms with E-state index in [1.165, 1.54) is 0 Å². The zero-order valence-electron chi connectivity index (χ0n) is 11.9. The Labute approximate surface area is 115 Å². The van der Waals surface area contributed by atoms with Gasteiger partial charge >= 0.3 is 0 Å². The predicted molar refractivity (Wildman–Crippen MR) is 76.9 cm³/mol. The fraction of sp³-hybridized carbons (Fsp3) is 0.533. The maximum atomic E-state index is 11.9. The van der Waals surface area contributed by atoms with Gasteiger partial charge in [0.15, 0.2) is 0 Å². The van der Waals surface area contributed by atoms with E-state index in [2.05, 4.69) is 24.5 Å². The van der Waals surface area contributed by atoms with Gasteiger partial charge in [0.25, 0.3) is 0 Å². The van der Waals surface area contributed by atoms with Crippen LogP contribution in [0.15, 0.2) is 24.3 Å². The van der Waals surface area contributed by atoms with Crippen molar-refractivity contribution >= 4 is 5.91 Å². The summed E-state index contributed by atoms with van der Waals surface area (Å²) >= 11 is 0. The molecule has 0 saturated carbocycles. The minimum Gasteiger partial charge on any atom is -0.508 e. The van der Waals surface area contributed by atoms with Gasteiger partial charge < -0.3 is 15.7 Å². The van der Waals surface area contributed by atoms with Crippen molar-refractivity contribution in [3.05, 3.63) is 29.8 Å². The number of hydrogen-bond donors (Lipinski definition) is 3. The quantitative estimate of drug-likeness (QED) is 0.707. The van der Waals surface area contributed by atoms with Gasteiger partial charge in [-0.15, -0.1) is 0 Å². The van der Waals surface area contributed by atoms with Crippen molar-refractivity contribution in [3.63, 3.8) is 0 Å². The van der Waals surface area contributed by atoms with Crippen LogP contribution in [0.25, 0.3) is 0 Å². The van der Waals surface area contributed by atoms with E-state index >= 15 is 0 Å². The van der Waals surface area contributed by atoms with Gasteiger partial charge in [0, 0.05) is 12.6 Å². The molecule has 0 aliphatic carbocycles. The normalized spacial score (nSPS) is 12.4. The molecular weight excluding hydrogens is 240 g/mol. The minimum absolute atomic E-state index is 0.0347. The van der Waals surface area contributed by atoms with E-state index in [0.29, 0.717) is 6.54 Å². The summed E-state index contributed by atoms with van der Waals surface area (Å²) in [5.41, 5.74) is 1.04. The molecule has 106 valence electrons.